The molecule has 1 N–H and O–H groups in total. The van der Waals surface area contributed by atoms with Gasteiger partial charge in [0.1, 0.15) is 5.75 Å². The molecule has 0 aliphatic heterocycles. The highest BCUT2D eigenvalue weighted by Gasteiger charge is 2.18. The van der Waals surface area contributed by atoms with Gasteiger partial charge in [0, 0.05) is 13.2 Å². The van der Waals surface area contributed by atoms with Gasteiger partial charge in [-0.2, -0.15) is 0 Å². The molecule has 1 saturated carbocycles. The van der Waals surface area contributed by atoms with Gasteiger partial charge in [0.25, 0.3) is 0 Å². The predicted octanol–water partition coefficient (Wildman–Crippen LogP) is 3.16. The van der Waals surface area contributed by atoms with Crippen molar-refractivity contribution in [2.24, 2.45) is 5.92 Å². The van der Waals surface area contributed by atoms with Crippen LogP contribution in [0.2, 0.25) is 0 Å². The minimum absolute atomic E-state index is 0.111. The molecule has 1 aromatic carbocycles. The zero-order chi connectivity index (χ0) is 13.5. The molecule has 1 unspecified atom stereocenters. The first-order valence-electron chi connectivity index (χ1n) is 7.23. The molecule has 1 aliphatic carbocycles. The fourth-order valence-electron chi connectivity index (χ4n) is 2.46. The van der Waals surface area contributed by atoms with E-state index >= 15 is 0 Å². The standard InChI is InChI=1S/C16H25NO2/c1-17-12-16(19-10-9-13-5-3-6-13)14-7-4-8-15(11-14)18-2/h4,7-8,11,13,16-17H,3,5-6,9-10,12H2,1-2H3. The third kappa shape index (κ3) is 4.22. The van der Waals surface area contributed by atoms with Crippen molar-refractivity contribution in [2.45, 2.75) is 31.8 Å². The normalized spacial score (nSPS) is 16.9. The van der Waals surface area contributed by atoms with Crippen molar-refractivity contribution in [1.29, 1.82) is 0 Å². The summed E-state index contributed by atoms with van der Waals surface area (Å²) in [6, 6.07) is 8.15. The van der Waals surface area contributed by atoms with E-state index in [9.17, 15) is 0 Å². The van der Waals surface area contributed by atoms with E-state index in [4.69, 9.17) is 9.47 Å². The van der Waals surface area contributed by atoms with Crippen molar-refractivity contribution in [2.75, 3.05) is 27.3 Å². The smallest absolute Gasteiger partial charge is 0.119 e. The summed E-state index contributed by atoms with van der Waals surface area (Å²) < 4.78 is 11.3. The molecule has 106 valence electrons. The maximum Gasteiger partial charge on any atom is 0.119 e. The third-order valence-electron chi connectivity index (χ3n) is 3.92. The van der Waals surface area contributed by atoms with Crippen LogP contribution in [0.1, 0.15) is 37.4 Å². The van der Waals surface area contributed by atoms with E-state index in [1.54, 1.807) is 7.11 Å². The third-order valence-corrected chi connectivity index (χ3v) is 3.92. The van der Waals surface area contributed by atoms with E-state index in [2.05, 4.69) is 17.4 Å². The number of likely N-dealkylation sites (N-methyl/N-ethyl adjacent to an activating group) is 1. The van der Waals surface area contributed by atoms with Crippen LogP contribution in [0.15, 0.2) is 24.3 Å². The van der Waals surface area contributed by atoms with Crippen molar-refractivity contribution in [1.82, 2.24) is 5.32 Å². The summed E-state index contributed by atoms with van der Waals surface area (Å²) in [6.07, 6.45) is 5.49. The number of ether oxygens (including phenoxy) is 2. The molecular weight excluding hydrogens is 238 g/mol. The van der Waals surface area contributed by atoms with Gasteiger partial charge in [-0.1, -0.05) is 31.4 Å². The summed E-state index contributed by atoms with van der Waals surface area (Å²) in [6.45, 7) is 1.69. The van der Waals surface area contributed by atoms with E-state index < -0.39 is 0 Å². The maximum atomic E-state index is 6.06. The van der Waals surface area contributed by atoms with Gasteiger partial charge < -0.3 is 14.8 Å². The maximum absolute atomic E-state index is 6.06. The van der Waals surface area contributed by atoms with Crippen LogP contribution in [0.4, 0.5) is 0 Å². The quantitative estimate of drug-likeness (QED) is 0.781. The topological polar surface area (TPSA) is 30.5 Å². The molecule has 0 radical (unpaired) electrons. The Hall–Kier alpha value is -1.06. The average Bonchev–Trinajstić information content (AvgIpc) is 2.40. The lowest BCUT2D eigenvalue weighted by Gasteiger charge is -2.26. The Kier molecular flexibility index (Phi) is 5.67. The molecule has 0 spiro atoms. The molecule has 3 heteroatoms. The second kappa shape index (κ2) is 7.51. The zero-order valence-electron chi connectivity index (χ0n) is 12.0. The molecule has 0 bridgehead atoms. The van der Waals surface area contributed by atoms with Gasteiger partial charge in [0.15, 0.2) is 0 Å². The van der Waals surface area contributed by atoms with Gasteiger partial charge in [0.05, 0.1) is 13.2 Å². The fourth-order valence-corrected chi connectivity index (χ4v) is 2.46. The van der Waals surface area contributed by atoms with Crippen molar-refractivity contribution < 1.29 is 9.47 Å². The van der Waals surface area contributed by atoms with Gasteiger partial charge in [-0.05, 0) is 37.1 Å². The van der Waals surface area contributed by atoms with E-state index in [-0.39, 0.29) is 6.10 Å². The number of methoxy groups -OCH3 is 1. The van der Waals surface area contributed by atoms with Crippen LogP contribution in [0.3, 0.4) is 0 Å². The molecule has 2 rings (SSSR count). The Morgan fingerprint density at radius 3 is 2.84 bits per heavy atom. The van der Waals surface area contributed by atoms with Crippen molar-refractivity contribution in [3.63, 3.8) is 0 Å². The summed E-state index contributed by atoms with van der Waals surface area (Å²) in [4.78, 5) is 0. The van der Waals surface area contributed by atoms with Crippen LogP contribution < -0.4 is 10.1 Å². The molecule has 1 fully saturated rings. The highest BCUT2D eigenvalue weighted by molar-refractivity contribution is 5.30. The molecule has 0 heterocycles. The lowest BCUT2D eigenvalue weighted by molar-refractivity contribution is 0.0382. The summed E-state index contributed by atoms with van der Waals surface area (Å²) in [5.41, 5.74) is 1.18. The first kappa shape index (κ1) is 14.4. The van der Waals surface area contributed by atoms with E-state index in [0.717, 1.165) is 24.8 Å². The minimum Gasteiger partial charge on any atom is -0.497 e. The second-order valence-electron chi connectivity index (χ2n) is 5.28. The Labute approximate surface area is 116 Å². The summed E-state index contributed by atoms with van der Waals surface area (Å²) in [7, 11) is 3.66. The zero-order valence-corrected chi connectivity index (χ0v) is 12.0. The lowest BCUT2D eigenvalue weighted by atomic mass is 9.83. The fraction of sp³-hybridized carbons (Fsp3) is 0.625. The molecule has 1 atom stereocenters. The molecular formula is C16H25NO2. The first-order valence-corrected chi connectivity index (χ1v) is 7.23. The Bertz CT molecular complexity index is 377. The number of rotatable bonds is 8. The van der Waals surface area contributed by atoms with Gasteiger partial charge in [-0.25, -0.2) is 0 Å². The van der Waals surface area contributed by atoms with Crippen LogP contribution in [-0.2, 0) is 4.74 Å². The summed E-state index contributed by atoms with van der Waals surface area (Å²) in [5, 5.41) is 3.20. The van der Waals surface area contributed by atoms with E-state index in [1.165, 1.54) is 31.2 Å². The lowest BCUT2D eigenvalue weighted by Crippen LogP contribution is -2.21. The largest absolute Gasteiger partial charge is 0.497 e. The van der Waals surface area contributed by atoms with Gasteiger partial charge >= 0.3 is 0 Å². The van der Waals surface area contributed by atoms with E-state index in [0.29, 0.717) is 0 Å². The molecule has 1 aliphatic rings. The van der Waals surface area contributed by atoms with Crippen LogP contribution in [0.25, 0.3) is 0 Å². The highest BCUT2D eigenvalue weighted by Crippen LogP contribution is 2.30. The summed E-state index contributed by atoms with van der Waals surface area (Å²) in [5.74, 6) is 1.79. The van der Waals surface area contributed by atoms with Crippen LogP contribution >= 0.6 is 0 Å². The molecule has 1 aromatic rings. The monoisotopic (exact) mass is 263 g/mol. The molecule has 3 nitrogen and oxygen atoms in total. The van der Waals surface area contributed by atoms with Crippen LogP contribution in [0.5, 0.6) is 5.75 Å². The highest BCUT2D eigenvalue weighted by atomic mass is 16.5. The molecule has 0 aromatic heterocycles. The molecule has 0 saturated heterocycles. The van der Waals surface area contributed by atoms with Gasteiger partial charge in [-0.15, -0.1) is 0 Å². The van der Waals surface area contributed by atoms with Crippen molar-refractivity contribution in [3.8, 4) is 5.75 Å². The number of benzene rings is 1. The first-order chi connectivity index (χ1) is 9.33. The van der Waals surface area contributed by atoms with Crippen LogP contribution in [0, 0.1) is 5.92 Å². The molecule has 0 amide bonds. The van der Waals surface area contributed by atoms with E-state index in [1.807, 2.05) is 19.2 Å². The SMILES string of the molecule is CNCC(OCCC1CCC1)c1cccc(OC)c1. The van der Waals surface area contributed by atoms with Crippen molar-refractivity contribution >= 4 is 0 Å². The second-order valence-corrected chi connectivity index (χ2v) is 5.28. The number of hydrogen-bond donors (Lipinski definition) is 1. The average molecular weight is 263 g/mol. The minimum atomic E-state index is 0.111. The summed E-state index contributed by atoms with van der Waals surface area (Å²) >= 11 is 0. The van der Waals surface area contributed by atoms with Crippen molar-refractivity contribution in [3.05, 3.63) is 29.8 Å². The van der Waals surface area contributed by atoms with Crippen LogP contribution in [-0.4, -0.2) is 27.3 Å². The predicted molar refractivity (Wildman–Crippen MR) is 77.6 cm³/mol. The van der Waals surface area contributed by atoms with Gasteiger partial charge in [-0.3, -0.25) is 0 Å². The Balaban J connectivity index is 1.89. The Morgan fingerprint density at radius 2 is 2.21 bits per heavy atom. The van der Waals surface area contributed by atoms with Gasteiger partial charge in [0.2, 0.25) is 0 Å². The Morgan fingerprint density at radius 1 is 1.37 bits per heavy atom. The number of hydrogen-bond acceptors (Lipinski definition) is 3. The number of nitrogens with one attached hydrogen (secondary N) is 1. The molecule has 19 heavy (non-hydrogen) atoms.